The zero-order valence-electron chi connectivity index (χ0n) is 16.8. The van der Waals surface area contributed by atoms with Crippen LogP contribution in [-0.2, 0) is 10.8 Å². The maximum absolute atomic E-state index is 15.2. The molecule has 0 radical (unpaired) electrons. The number of hydrogen-bond acceptors (Lipinski definition) is 1. The van der Waals surface area contributed by atoms with E-state index < -0.39 is 16.8 Å². The van der Waals surface area contributed by atoms with Gasteiger partial charge in [0.15, 0.2) is 0 Å². The quantitative estimate of drug-likeness (QED) is 0.505. The summed E-state index contributed by atoms with van der Waals surface area (Å²) >= 11 is 0. The van der Waals surface area contributed by atoms with E-state index in [-0.39, 0.29) is 6.04 Å². The maximum Gasteiger partial charge on any atom is 0.266 e. The molecule has 4 heteroatoms. The summed E-state index contributed by atoms with van der Waals surface area (Å²) in [5.41, 5.74) is 1.72. The highest BCUT2D eigenvalue weighted by Crippen LogP contribution is 2.60. The minimum atomic E-state index is -2.83. The van der Waals surface area contributed by atoms with Crippen LogP contribution in [0.2, 0.25) is 0 Å². The topological polar surface area (TPSA) is 17.8 Å². The lowest BCUT2D eigenvalue weighted by molar-refractivity contribution is -0.105. The lowest BCUT2D eigenvalue weighted by Gasteiger charge is -2.35. The number of hydrogen-bond donors (Lipinski definition) is 0. The van der Waals surface area contributed by atoms with Gasteiger partial charge in [0.25, 0.3) is 5.92 Å². The molecular formula is C23H26F2N2. The number of benzene rings is 2. The molecule has 142 valence electrons. The Bertz CT molecular complexity index is 1030. The predicted octanol–water partition coefficient (Wildman–Crippen LogP) is 6.49. The van der Waals surface area contributed by atoms with E-state index in [2.05, 4.69) is 18.4 Å². The SMILES string of the molecule is CC(C)n1c(-c2ccccc2)nc2cc3c(cc21)C(C)(C)C(F)(F)C3(C)C. The summed E-state index contributed by atoms with van der Waals surface area (Å²) in [4.78, 5) is 4.86. The van der Waals surface area contributed by atoms with Crippen LogP contribution in [0.15, 0.2) is 42.5 Å². The predicted molar refractivity (Wildman–Crippen MR) is 107 cm³/mol. The Morgan fingerprint density at radius 1 is 0.889 bits per heavy atom. The van der Waals surface area contributed by atoms with Crippen molar-refractivity contribution in [3.63, 3.8) is 0 Å². The van der Waals surface area contributed by atoms with Gasteiger partial charge in [-0.05, 0) is 64.8 Å². The molecule has 0 saturated heterocycles. The van der Waals surface area contributed by atoms with Crippen LogP contribution >= 0.6 is 0 Å². The van der Waals surface area contributed by atoms with Crippen LogP contribution in [0.4, 0.5) is 8.78 Å². The molecule has 0 N–H and O–H groups in total. The van der Waals surface area contributed by atoms with E-state index in [0.717, 1.165) is 28.0 Å². The van der Waals surface area contributed by atoms with Crippen molar-refractivity contribution in [2.24, 2.45) is 0 Å². The number of fused-ring (bicyclic) bond motifs is 2. The largest absolute Gasteiger partial charge is 0.321 e. The van der Waals surface area contributed by atoms with Gasteiger partial charge in [-0.2, -0.15) is 0 Å². The van der Waals surface area contributed by atoms with Crippen LogP contribution in [0.25, 0.3) is 22.4 Å². The highest BCUT2D eigenvalue weighted by Gasteiger charge is 2.65. The number of rotatable bonds is 2. The Hall–Kier alpha value is -2.23. The molecule has 0 amide bonds. The first-order valence-corrected chi connectivity index (χ1v) is 9.50. The van der Waals surface area contributed by atoms with E-state index in [4.69, 9.17) is 4.98 Å². The van der Waals surface area contributed by atoms with Gasteiger partial charge in [0.05, 0.1) is 21.9 Å². The van der Waals surface area contributed by atoms with E-state index >= 15 is 8.78 Å². The fourth-order valence-corrected chi connectivity index (χ4v) is 4.61. The zero-order chi connectivity index (χ0) is 19.8. The van der Waals surface area contributed by atoms with Gasteiger partial charge < -0.3 is 4.57 Å². The molecule has 2 nitrogen and oxygen atoms in total. The molecule has 0 bridgehead atoms. The molecule has 0 saturated carbocycles. The maximum atomic E-state index is 15.2. The Morgan fingerprint density at radius 3 is 2.00 bits per heavy atom. The first-order chi connectivity index (χ1) is 12.5. The third kappa shape index (κ3) is 2.19. The standard InChI is InChI=1S/C23H26F2N2/c1-14(2)27-19-13-17-16(21(3,4)23(24,25)22(17,5)6)12-18(19)26-20(27)15-10-8-7-9-11-15/h7-14H,1-6H3. The molecule has 3 aromatic rings. The molecule has 1 aliphatic rings. The van der Waals surface area contributed by atoms with Crippen molar-refractivity contribution in [3.8, 4) is 11.4 Å². The second-order valence-corrected chi connectivity index (χ2v) is 8.98. The van der Waals surface area contributed by atoms with E-state index in [0.29, 0.717) is 5.56 Å². The van der Waals surface area contributed by atoms with Gasteiger partial charge >= 0.3 is 0 Å². The Labute approximate surface area is 159 Å². The average Bonchev–Trinajstić information content (AvgIpc) is 3.03. The Balaban J connectivity index is 2.07. The highest BCUT2D eigenvalue weighted by molar-refractivity contribution is 5.84. The van der Waals surface area contributed by atoms with Crippen LogP contribution in [0, 0.1) is 0 Å². The van der Waals surface area contributed by atoms with Gasteiger partial charge in [0.1, 0.15) is 5.82 Å². The monoisotopic (exact) mass is 368 g/mol. The number of halogens is 2. The van der Waals surface area contributed by atoms with Gasteiger partial charge in [0.2, 0.25) is 0 Å². The Kier molecular flexibility index (Phi) is 3.63. The lowest BCUT2D eigenvalue weighted by Crippen LogP contribution is -2.46. The first-order valence-electron chi connectivity index (χ1n) is 9.50. The van der Waals surface area contributed by atoms with Crippen LogP contribution in [-0.4, -0.2) is 15.5 Å². The first kappa shape index (κ1) is 18.1. The minimum Gasteiger partial charge on any atom is -0.321 e. The van der Waals surface area contributed by atoms with Crippen molar-refractivity contribution < 1.29 is 8.78 Å². The van der Waals surface area contributed by atoms with Gasteiger partial charge in [-0.25, -0.2) is 13.8 Å². The van der Waals surface area contributed by atoms with Crippen molar-refractivity contribution in [1.82, 2.24) is 9.55 Å². The van der Waals surface area contributed by atoms with Crippen molar-refractivity contribution in [2.75, 3.05) is 0 Å². The molecular weight excluding hydrogens is 342 g/mol. The second kappa shape index (κ2) is 5.40. The normalized spacial score (nSPS) is 19.6. The summed E-state index contributed by atoms with van der Waals surface area (Å²) in [5, 5.41) is 0. The van der Waals surface area contributed by atoms with Crippen molar-refractivity contribution >= 4 is 11.0 Å². The second-order valence-electron chi connectivity index (χ2n) is 8.98. The molecule has 0 unspecified atom stereocenters. The summed E-state index contributed by atoms with van der Waals surface area (Å²) in [6.07, 6.45) is 0. The summed E-state index contributed by atoms with van der Waals surface area (Å²) in [6.45, 7) is 10.8. The summed E-state index contributed by atoms with van der Waals surface area (Å²) < 4.78 is 32.6. The molecule has 4 rings (SSSR count). The van der Waals surface area contributed by atoms with Crippen LogP contribution in [0.3, 0.4) is 0 Å². The summed E-state index contributed by atoms with van der Waals surface area (Å²) in [6, 6.07) is 14.0. The molecule has 2 aromatic carbocycles. The van der Waals surface area contributed by atoms with Crippen LogP contribution in [0.1, 0.15) is 58.7 Å². The minimum absolute atomic E-state index is 0.168. The van der Waals surface area contributed by atoms with E-state index in [1.165, 1.54) is 0 Å². The van der Waals surface area contributed by atoms with Gasteiger partial charge in [-0.3, -0.25) is 0 Å². The molecule has 0 aliphatic heterocycles. The van der Waals surface area contributed by atoms with E-state index in [1.54, 1.807) is 27.7 Å². The number of aromatic nitrogens is 2. The lowest BCUT2D eigenvalue weighted by atomic mass is 9.77. The molecule has 1 aliphatic carbocycles. The zero-order valence-corrected chi connectivity index (χ0v) is 16.8. The van der Waals surface area contributed by atoms with Crippen molar-refractivity contribution in [3.05, 3.63) is 53.6 Å². The molecule has 0 atom stereocenters. The summed E-state index contributed by atoms with van der Waals surface area (Å²) in [7, 11) is 0. The molecule has 0 fully saturated rings. The highest BCUT2D eigenvalue weighted by atomic mass is 19.3. The Morgan fingerprint density at radius 2 is 1.44 bits per heavy atom. The fourth-order valence-electron chi connectivity index (χ4n) is 4.61. The van der Waals surface area contributed by atoms with Gasteiger partial charge in [-0.1, -0.05) is 30.3 Å². The average molecular weight is 368 g/mol. The molecule has 27 heavy (non-hydrogen) atoms. The molecule has 0 spiro atoms. The van der Waals surface area contributed by atoms with Crippen LogP contribution in [0.5, 0.6) is 0 Å². The molecule has 1 aromatic heterocycles. The number of nitrogens with zero attached hydrogens (tertiary/aromatic N) is 2. The van der Waals surface area contributed by atoms with Crippen molar-refractivity contribution in [2.45, 2.75) is 64.3 Å². The smallest absolute Gasteiger partial charge is 0.266 e. The van der Waals surface area contributed by atoms with E-state index in [9.17, 15) is 0 Å². The number of imidazole rings is 1. The summed E-state index contributed by atoms with van der Waals surface area (Å²) in [5.74, 6) is -1.95. The van der Waals surface area contributed by atoms with Gasteiger partial charge in [-0.15, -0.1) is 0 Å². The third-order valence-electron chi connectivity index (χ3n) is 6.29. The fraction of sp³-hybridized carbons (Fsp3) is 0.435. The van der Waals surface area contributed by atoms with Crippen LogP contribution < -0.4 is 0 Å². The van der Waals surface area contributed by atoms with E-state index in [1.807, 2.05) is 42.5 Å². The molecule has 1 heterocycles. The number of alkyl halides is 2. The third-order valence-corrected chi connectivity index (χ3v) is 6.29. The van der Waals surface area contributed by atoms with Crippen molar-refractivity contribution in [1.29, 1.82) is 0 Å². The van der Waals surface area contributed by atoms with Gasteiger partial charge in [0, 0.05) is 11.6 Å².